The first-order valence-corrected chi connectivity index (χ1v) is 12.5. The third kappa shape index (κ3) is 10.4. The van der Waals surface area contributed by atoms with E-state index in [0.717, 1.165) is 5.56 Å². The molecule has 0 radical (unpaired) electrons. The number of aromatic nitrogens is 2. The van der Waals surface area contributed by atoms with Gasteiger partial charge in [0.2, 0.25) is 11.8 Å². The van der Waals surface area contributed by atoms with Crippen LogP contribution >= 0.6 is 0 Å². The third-order valence-corrected chi connectivity index (χ3v) is 5.84. The summed E-state index contributed by atoms with van der Waals surface area (Å²) in [5, 5.41) is 36.5. The molecule has 0 saturated carbocycles. The maximum absolute atomic E-state index is 13.4. The van der Waals surface area contributed by atoms with E-state index in [0.29, 0.717) is 25.8 Å². The average Bonchev–Trinajstić information content (AvgIpc) is 3.38. The number of carboxylic acid groups (broad SMARTS) is 1. The van der Waals surface area contributed by atoms with Gasteiger partial charge in [-0.05, 0) is 30.7 Å². The standard InChI is InChI=1S/C25H31N5O5.BH3O3/c1-16(2)13-19(24(33)30-12-6-9-21(30)25(34)35)29-22(31)18(14-17-7-4-3-5-8-17)28-23(32)20-15-26-10-11-27-20;2-1(3)4/h3-5,7-8,10-11,15-16,18-19,21H,6,9,12-14H2,1-2H3,(H,28,32)(H,29,31)(H,34,35);2-4H/t18?,19?,21-;/m0./s1. The van der Waals surface area contributed by atoms with E-state index >= 15 is 0 Å². The second kappa shape index (κ2) is 15.5. The van der Waals surface area contributed by atoms with Gasteiger partial charge < -0.3 is 35.7 Å². The summed E-state index contributed by atoms with van der Waals surface area (Å²) in [6, 6.07) is 6.41. The molecule has 1 saturated heterocycles. The van der Waals surface area contributed by atoms with Crippen LogP contribution in [-0.4, -0.2) is 90.7 Å². The van der Waals surface area contributed by atoms with Crippen molar-refractivity contribution in [3.63, 3.8) is 0 Å². The second-order valence-electron chi connectivity index (χ2n) is 9.37. The number of rotatable bonds is 10. The van der Waals surface area contributed by atoms with Gasteiger partial charge in [-0.25, -0.2) is 9.78 Å². The molecule has 1 fully saturated rings. The molecule has 0 aliphatic carbocycles. The first-order valence-electron chi connectivity index (χ1n) is 12.5. The van der Waals surface area contributed by atoms with Crippen molar-refractivity contribution in [1.29, 1.82) is 0 Å². The van der Waals surface area contributed by atoms with Crippen LogP contribution in [0.1, 0.15) is 49.2 Å². The molecular weight excluding hydrogens is 509 g/mol. The fraction of sp³-hybridized carbons (Fsp3) is 0.440. The lowest BCUT2D eigenvalue weighted by Crippen LogP contribution is -2.56. The number of carbonyl (C=O) groups is 4. The van der Waals surface area contributed by atoms with Gasteiger partial charge in [-0.3, -0.25) is 19.4 Å². The summed E-state index contributed by atoms with van der Waals surface area (Å²) < 4.78 is 0. The van der Waals surface area contributed by atoms with E-state index in [2.05, 4.69) is 20.6 Å². The van der Waals surface area contributed by atoms with Gasteiger partial charge in [0.15, 0.2) is 0 Å². The van der Waals surface area contributed by atoms with E-state index in [9.17, 15) is 24.3 Å². The van der Waals surface area contributed by atoms with Crippen LogP contribution in [0.15, 0.2) is 48.9 Å². The first kappa shape index (κ1) is 31.3. The van der Waals surface area contributed by atoms with E-state index in [1.54, 1.807) is 0 Å². The summed E-state index contributed by atoms with van der Waals surface area (Å²) >= 11 is 0. The summed E-state index contributed by atoms with van der Waals surface area (Å²) in [5.74, 6) is -2.50. The Morgan fingerprint density at radius 2 is 1.72 bits per heavy atom. The van der Waals surface area contributed by atoms with Crippen LogP contribution in [0, 0.1) is 5.92 Å². The number of aliphatic carboxylic acids is 1. The summed E-state index contributed by atoms with van der Waals surface area (Å²) in [6.45, 7) is 4.17. The Labute approximate surface area is 226 Å². The number of likely N-dealkylation sites (tertiary alicyclic amines) is 1. The summed E-state index contributed by atoms with van der Waals surface area (Å²) in [7, 11) is -2.17. The molecule has 3 rings (SSSR count). The summed E-state index contributed by atoms with van der Waals surface area (Å²) in [5.41, 5.74) is 0.888. The monoisotopic (exact) mass is 543 g/mol. The minimum absolute atomic E-state index is 0.0644. The number of hydrogen-bond acceptors (Lipinski definition) is 9. The molecule has 2 unspecified atom stereocenters. The van der Waals surface area contributed by atoms with Crippen LogP contribution in [0.5, 0.6) is 0 Å². The zero-order valence-corrected chi connectivity index (χ0v) is 21.8. The smallest absolute Gasteiger partial charge is 0.480 e. The van der Waals surface area contributed by atoms with Crippen LogP contribution in [0.4, 0.5) is 0 Å². The number of nitrogens with one attached hydrogen (secondary N) is 2. The van der Waals surface area contributed by atoms with Crippen LogP contribution in [0.3, 0.4) is 0 Å². The van der Waals surface area contributed by atoms with E-state index in [-0.39, 0.29) is 18.0 Å². The third-order valence-electron chi connectivity index (χ3n) is 5.84. The second-order valence-corrected chi connectivity index (χ2v) is 9.37. The van der Waals surface area contributed by atoms with Crippen LogP contribution in [-0.2, 0) is 20.8 Å². The van der Waals surface area contributed by atoms with Gasteiger partial charge in [0.1, 0.15) is 23.8 Å². The van der Waals surface area contributed by atoms with Crippen molar-refractivity contribution in [3.8, 4) is 0 Å². The predicted molar refractivity (Wildman–Crippen MR) is 140 cm³/mol. The average molecular weight is 543 g/mol. The lowest BCUT2D eigenvalue weighted by molar-refractivity contribution is -0.149. The lowest BCUT2D eigenvalue weighted by atomic mass is 10.00. The number of nitrogens with zero attached hydrogens (tertiary/aromatic N) is 3. The lowest BCUT2D eigenvalue weighted by Gasteiger charge is -2.29. The SMILES string of the molecule is CC(C)CC(NC(=O)C(Cc1ccccc1)NC(=O)c1cnccn1)C(=O)N1CCC[C@H]1C(=O)O.OB(O)O. The Morgan fingerprint density at radius 3 is 2.28 bits per heavy atom. The highest BCUT2D eigenvalue weighted by atomic mass is 16.5. The van der Waals surface area contributed by atoms with Gasteiger partial charge in [-0.1, -0.05) is 44.2 Å². The molecule has 13 nitrogen and oxygen atoms in total. The van der Waals surface area contributed by atoms with Crippen molar-refractivity contribution in [2.24, 2.45) is 5.92 Å². The van der Waals surface area contributed by atoms with Crippen molar-refractivity contribution in [2.75, 3.05) is 6.54 Å². The van der Waals surface area contributed by atoms with Crippen LogP contribution in [0.25, 0.3) is 0 Å². The zero-order chi connectivity index (χ0) is 28.9. The molecular formula is C25H34BN5O8. The predicted octanol–water partition coefficient (Wildman–Crippen LogP) is -0.628. The Balaban J connectivity index is 0.00000124. The van der Waals surface area contributed by atoms with Crippen molar-refractivity contribution < 1.29 is 39.4 Å². The normalized spacial score (nSPS) is 15.9. The summed E-state index contributed by atoms with van der Waals surface area (Å²) in [4.78, 5) is 60.2. The molecule has 1 aliphatic rings. The molecule has 2 aromatic rings. The van der Waals surface area contributed by atoms with Crippen molar-refractivity contribution in [1.82, 2.24) is 25.5 Å². The molecule has 6 N–H and O–H groups in total. The number of hydrogen-bond donors (Lipinski definition) is 6. The fourth-order valence-electron chi connectivity index (χ4n) is 4.16. The van der Waals surface area contributed by atoms with Crippen molar-refractivity contribution in [3.05, 3.63) is 60.2 Å². The quantitative estimate of drug-likeness (QED) is 0.210. The van der Waals surface area contributed by atoms with E-state index < -0.39 is 49.1 Å². The van der Waals surface area contributed by atoms with E-state index in [1.165, 1.54) is 23.5 Å². The van der Waals surface area contributed by atoms with E-state index in [4.69, 9.17) is 15.1 Å². The molecule has 14 heteroatoms. The molecule has 0 spiro atoms. The number of amides is 3. The maximum atomic E-state index is 13.4. The fourth-order valence-corrected chi connectivity index (χ4v) is 4.16. The topological polar surface area (TPSA) is 202 Å². The Hall–Kier alpha value is -3.88. The molecule has 1 aliphatic heterocycles. The Bertz CT molecular complexity index is 1090. The van der Waals surface area contributed by atoms with Gasteiger partial charge in [0.05, 0.1) is 6.20 Å². The summed E-state index contributed by atoms with van der Waals surface area (Å²) in [6.07, 6.45) is 5.64. The molecule has 210 valence electrons. The highest BCUT2D eigenvalue weighted by molar-refractivity contribution is 6.30. The van der Waals surface area contributed by atoms with Gasteiger partial charge in [0, 0.05) is 25.4 Å². The van der Waals surface area contributed by atoms with Gasteiger partial charge in [0.25, 0.3) is 5.91 Å². The molecule has 0 bridgehead atoms. The largest absolute Gasteiger partial charge is 0.631 e. The highest BCUT2D eigenvalue weighted by Gasteiger charge is 2.38. The maximum Gasteiger partial charge on any atom is 0.631 e. The van der Waals surface area contributed by atoms with Crippen molar-refractivity contribution >= 4 is 31.0 Å². The van der Waals surface area contributed by atoms with Crippen LogP contribution < -0.4 is 10.6 Å². The highest BCUT2D eigenvalue weighted by Crippen LogP contribution is 2.20. The molecule has 2 heterocycles. The van der Waals surface area contributed by atoms with Gasteiger partial charge in [-0.2, -0.15) is 0 Å². The molecule has 3 atom stereocenters. The number of benzene rings is 1. The minimum Gasteiger partial charge on any atom is -0.480 e. The van der Waals surface area contributed by atoms with Gasteiger partial charge in [-0.15, -0.1) is 0 Å². The number of carboxylic acids is 1. The van der Waals surface area contributed by atoms with Crippen molar-refractivity contribution in [2.45, 2.75) is 57.7 Å². The molecule has 3 amide bonds. The van der Waals surface area contributed by atoms with E-state index in [1.807, 2.05) is 44.2 Å². The van der Waals surface area contributed by atoms with Gasteiger partial charge >= 0.3 is 13.3 Å². The minimum atomic E-state index is -2.17. The molecule has 1 aromatic heterocycles. The Morgan fingerprint density at radius 1 is 1.05 bits per heavy atom. The first-order chi connectivity index (χ1) is 18.5. The molecule has 39 heavy (non-hydrogen) atoms. The Kier molecular flexibility index (Phi) is 12.5. The number of carbonyl (C=O) groups excluding carboxylic acids is 3. The zero-order valence-electron chi connectivity index (χ0n) is 21.8. The molecule has 1 aromatic carbocycles. The van der Waals surface area contributed by atoms with Crippen LogP contribution in [0.2, 0.25) is 0 Å².